The molecule has 0 fully saturated rings. The molecular formula is C10H10FN3OS. The molecule has 0 aliphatic carbocycles. The molecule has 0 radical (unpaired) electrons. The van der Waals surface area contributed by atoms with E-state index in [9.17, 15) is 9.50 Å². The van der Waals surface area contributed by atoms with E-state index in [4.69, 9.17) is 0 Å². The van der Waals surface area contributed by atoms with Crippen LogP contribution in [0.2, 0.25) is 0 Å². The first-order valence-corrected chi connectivity index (χ1v) is 5.56. The van der Waals surface area contributed by atoms with Gasteiger partial charge in [-0.25, -0.2) is 4.39 Å². The Morgan fingerprint density at radius 2 is 2.31 bits per heavy atom. The zero-order chi connectivity index (χ0) is 11.5. The highest BCUT2D eigenvalue weighted by molar-refractivity contribution is 7.13. The maximum atomic E-state index is 12.8. The summed E-state index contributed by atoms with van der Waals surface area (Å²) in [7, 11) is 0. The quantitative estimate of drug-likeness (QED) is 0.864. The van der Waals surface area contributed by atoms with E-state index in [0.29, 0.717) is 10.7 Å². The van der Waals surface area contributed by atoms with E-state index < -0.39 is 5.82 Å². The lowest BCUT2D eigenvalue weighted by Crippen LogP contribution is -2.06. The van der Waals surface area contributed by atoms with Gasteiger partial charge in [0.05, 0.1) is 6.04 Å². The van der Waals surface area contributed by atoms with Crippen LogP contribution in [0.1, 0.15) is 18.5 Å². The lowest BCUT2D eigenvalue weighted by Gasteiger charge is -2.14. The summed E-state index contributed by atoms with van der Waals surface area (Å²) < 4.78 is 12.8. The van der Waals surface area contributed by atoms with Gasteiger partial charge in [0.25, 0.3) is 0 Å². The van der Waals surface area contributed by atoms with E-state index in [-0.39, 0.29) is 11.8 Å². The van der Waals surface area contributed by atoms with Gasteiger partial charge in [-0.15, -0.1) is 10.2 Å². The molecule has 0 aliphatic heterocycles. The minimum Gasteiger partial charge on any atom is -0.507 e. The van der Waals surface area contributed by atoms with Crippen molar-refractivity contribution in [3.8, 4) is 5.75 Å². The van der Waals surface area contributed by atoms with Crippen molar-refractivity contribution < 1.29 is 9.50 Å². The van der Waals surface area contributed by atoms with Crippen LogP contribution >= 0.6 is 11.3 Å². The van der Waals surface area contributed by atoms with Crippen LogP contribution in [0.5, 0.6) is 5.75 Å². The van der Waals surface area contributed by atoms with Crippen LogP contribution in [-0.2, 0) is 0 Å². The molecule has 0 spiro atoms. The second-order valence-corrected chi connectivity index (χ2v) is 4.15. The highest BCUT2D eigenvalue weighted by Gasteiger charge is 2.11. The van der Waals surface area contributed by atoms with Crippen LogP contribution in [0, 0.1) is 5.82 Å². The van der Waals surface area contributed by atoms with Crippen LogP contribution in [0.15, 0.2) is 23.7 Å². The largest absolute Gasteiger partial charge is 0.507 e. The van der Waals surface area contributed by atoms with E-state index in [1.54, 1.807) is 11.6 Å². The van der Waals surface area contributed by atoms with E-state index >= 15 is 0 Å². The SMILES string of the molecule is CC(Nc1nncs1)c1ccc(F)cc1O. The fourth-order valence-electron chi connectivity index (χ4n) is 1.38. The van der Waals surface area contributed by atoms with Crippen molar-refractivity contribution in [3.63, 3.8) is 0 Å². The van der Waals surface area contributed by atoms with Gasteiger partial charge in [-0.3, -0.25) is 0 Å². The Kier molecular flexibility index (Phi) is 3.00. The highest BCUT2D eigenvalue weighted by Crippen LogP contribution is 2.27. The fourth-order valence-corrected chi connectivity index (χ4v) is 1.92. The standard InChI is InChI=1S/C10H10FN3OS/c1-6(13-10-14-12-5-16-10)8-3-2-7(11)4-9(8)15/h2-6,15H,1H3,(H,13,14). The van der Waals surface area contributed by atoms with Crippen molar-refractivity contribution in [2.75, 3.05) is 5.32 Å². The first kappa shape index (κ1) is 10.8. The van der Waals surface area contributed by atoms with Gasteiger partial charge < -0.3 is 10.4 Å². The Morgan fingerprint density at radius 1 is 1.50 bits per heavy atom. The molecule has 0 saturated carbocycles. The third-order valence-electron chi connectivity index (χ3n) is 2.16. The first-order chi connectivity index (χ1) is 7.66. The summed E-state index contributed by atoms with van der Waals surface area (Å²) in [5.74, 6) is -0.520. The molecule has 0 amide bonds. The van der Waals surface area contributed by atoms with Gasteiger partial charge in [0.1, 0.15) is 17.1 Å². The van der Waals surface area contributed by atoms with Gasteiger partial charge in [0, 0.05) is 11.6 Å². The summed E-state index contributed by atoms with van der Waals surface area (Å²) in [5, 5.41) is 20.8. The predicted octanol–water partition coefficient (Wildman–Crippen LogP) is 2.56. The van der Waals surface area contributed by atoms with Gasteiger partial charge in [-0.05, 0) is 13.0 Å². The summed E-state index contributed by atoms with van der Waals surface area (Å²) >= 11 is 1.37. The smallest absolute Gasteiger partial charge is 0.205 e. The van der Waals surface area contributed by atoms with Crippen molar-refractivity contribution in [2.45, 2.75) is 13.0 Å². The average Bonchev–Trinajstić information content (AvgIpc) is 2.70. The van der Waals surface area contributed by atoms with Crippen LogP contribution in [-0.4, -0.2) is 15.3 Å². The van der Waals surface area contributed by atoms with E-state index in [1.165, 1.54) is 17.4 Å². The third-order valence-corrected chi connectivity index (χ3v) is 2.78. The number of benzene rings is 1. The number of halogens is 1. The Morgan fingerprint density at radius 3 is 2.94 bits per heavy atom. The number of aromatic hydroxyl groups is 1. The number of phenols is 1. The minimum absolute atomic E-state index is 0.0653. The van der Waals surface area contributed by atoms with Crippen LogP contribution in [0.3, 0.4) is 0 Å². The lowest BCUT2D eigenvalue weighted by atomic mass is 10.1. The normalized spacial score (nSPS) is 12.4. The molecule has 6 heteroatoms. The van der Waals surface area contributed by atoms with Crippen LogP contribution in [0.25, 0.3) is 0 Å². The molecule has 1 unspecified atom stereocenters. The summed E-state index contributed by atoms with van der Waals surface area (Å²) in [6.07, 6.45) is 0. The van der Waals surface area contributed by atoms with Gasteiger partial charge in [-0.1, -0.05) is 17.4 Å². The molecule has 4 nitrogen and oxygen atoms in total. The number of rotatable bonds is 3. The van der Waals surface area contributed by atoms with Crippen molar-refractivity contribution in [2.24, 2.45) is 0 Å². The number of nitrogens with zero attached hydrogens (tertiary/aromatic N) is 2. The molecule has 1 aromatic carbocycles. The number of nitrogens with one attached hydrogen (secondary N) is 1. The van der Waals surface area contributed by atoms with Crippen molar-refractivity contribution in [1.82, 2.24) is 10.2 Å². The molecule has 0 bridgehead atoms. The van der Waals surface area contributed by atoms with Gasteiger partial charge in [0.2, 0.25) is 5.13 Å². The average molecular weight is 239 g/mol. The maximum absolute atomic E-state index is 12.8. The van der Waals surface area contributed by atoms with Gasteiger partial charge >= 0.3 is 0 Å². The Labute approximate surface area is 95.8 Å². The molecule has 1 atom stereocenters. The number of aromatic nitrogens is 2. The Balaban J connectivity index is 2.17. The zero-order valence-corrected chi connectivity index (χ0v) is 9.33. The van der Waals surface area contributed by atoms with E-state index in [1.807, 2.05) is 6.92 Å². The topological polar surface area (TPSA) is 58.0 Å². The number of phenolic OH excluding ortho intramolecular Hbond substituents is 1. The molecule has 2 N–H and O–H groups in total. The number of anilines is 1. The van der Waals surface area contributed by atoms with Crippen LogP contribution < -0.4 is 5.32 Å². The van der Waals surface area contributed by atoms with Gasteiger partial charge in [0.15, 0.2) is 0 Å². The Bertz CT molecular complexity index is 475. The minimum atomic E-state index is -0.454. The van der Waals surface area contributed by atoms with Crippen molar-refractivity contribution in [1.29, 1.82) is 0 Å². The predicted molar refractivity (Wildman–Crippen MR) is 60.0 cm³/mol. The van der Waals surface area contributed by atoms with Crippen molar-refractivity contribution >= 4 is 16.5 Å². The summed E-state index contributed by atoms with van der Waals surface area (Å²) in [4.78, 5) is 0. The summed E-state index contributed by atoms with van der Waals surface area (Å²) in [6.45, 7) is 1.86. The maximum Gasteiger partial charge on any atom is 0.205 e. The highest BCUT2D eigenvalue weighted by atomic mass is 32.1. The molecule has 1 heterocycles. The molecule has 2 aromatic rings. The Hall–Kier alpha value is -1.69. The third kappa shape index (κ3) is 2.27. The number of hydrogen-bond donors (Lipinski definition) is 2. The molecule has 84 valence electrons. The molecule has 2 rings (SSSR count). The summed E-state index contributed by atoms with van der Waals surface area (Å²) in [6, 6.07) is 3.79. The lowest BCUT2D eigenvalue weighted by molar-refractivity contribution is 0.459. The fraction of sp³-hybridized carbons (Fsp3) is 0.200. The molecule has 1 aromatic heterocycles. The monoisotopic (exact) mass is 239 g/mol. The molecule has 16 heavy (non-hydrogen) atoms. The van der Waals surface area contributed by atoms with E-state index in [0.717, 1.165) is 6.07 Å². The summed E-state index contributed by atoms with van der Waals surface area (Å²) in [5.41, 5.74) is 2.23. The molecule has 0 aliphatic rings. The van der Waals surface area contributed by atoms with Gasteiger partial charge in [-0.2, -0.15) is 0 Å². The number of hydrogen-bond acceptors (Lipinski definition) is 5. The van der Waals surface area contributed by atoms with Crippen molar-refractivity contribution in [3.05, 3.63) is 35.1 Å². The first-order valence-electron chi connectivity index (χ1n) is 4.68. The zero-order valence-electron chi connectivity index (χ0n) is 8.51. The second-order valence-electron chi connectivity index (χ2n) is 3.31. The molecular weight excluding hydrogens is 229 g/mol. The van der Waals surface area contributed by atoms with E-state index in [2.05, 4.69) is 15.5 Å². The van der Waals surface area contributed by atoms with Crippen LogP contribution in [0.4, 0.5) is 9.52 Å². The second kappa shape index (κ2) is 4.44. The molecule has 0 saturated heterocycles.